The van der Waals surface area contributed by atoms with Crippen molar-refractivity contribution in [2.75, 3.05) is 23.9 Å². The van der Waals surface area contributed by atoms with Gasteiger partial charge in [-0.3, -0.25) is 14.8 Å². The van der Waals surface area contributed by atoms with Crippen LogP contribution in [0.1, 0.15) is 23.5 Å². The Hall–Kier alpha value is -4.08. The van der Waals surface area contributed by atoms with Crippen LogP contribution in [-0.4, -0.2) is 39.3 Å². The summed E-state index contributed by atoms with van der Waals surface area (Å²) in [7, 11) is 1.49. The summed E-state index contributed by atoms with van der Waals surface area (Å²) in [5.74, 6) is -0.207. The number of hydrogen-bond acceptors (Lipinski definition) is 5. The molecule has 4 aromatic rings. The van der Waals surface area contributed by atoms with Crippen LogP contribution < -0.4 is 15.5 Å². The van der Waals surface area contributed by atoms with Crippen molar-refractivity contribution < 1.29 is 9.53 Å². The number of thiocarbonyl (C=S) groups is 1. The van der Waals surface area contributed by atoms with E-state index in [9.17, 15) is 4.79 Å². The molecule has 1 amide bonds. The van der Waals surface area contributed by atoms with Gasteiger partial charge in [0.15, 0.2) is 5.11 Å². The molecule has 35 heavy (non-hydrogen) atoms. The molecule has 0 spiro atoms. The van der Waals surface area contributed by atoms with E-state index in [1.807, 2.05) is 73.1 Å². The monoisotopic (exact) mass is 484 g/mol. The minimum atomic E-state index is -0.207. The number of nitrogens with zero attached hydrogens (tertiary/aromatic N) is 4. The maximum Gasteiger partial charge on any atom is 0.250 e. The first kappa shape index (κ1) is 22.7. The number of anilines is 2. The maximum absolute atomic E-state index is 11.9. The zero-order valence-corrected chi connectivity index (χ0v) is 19.9. The maximum atomic E-state index is 11.9. The van der Waals surface area contributed by atoms with Crippen molar-refractivity contribution in [3.8, 4) is 5.69 Å². The van der Waals surface area contributed by atoms with Crippen molar-refractivity contribution in [3.05, 3.63) is 103 Å². The molecule has 3 aromatic heterocycles. The van der Waals surface area contributed by atoms with E-state index in [1.165, 1.54) is 7.11 Å². The van der Waals surface area contributed by atoms with Gasteiger partial charge in [0.05, 0.1) is 23.6 Å². The van der Waals surface area contributed by atoms with Crippen LogP contribution in [-0.2, 0) is 9.53 Å². The summed E-state index contributed by atoms with van der Waals surface area (Å²) in [5.41, 5.74) is 4.48. The topological polar surface area (TPSA) is 84.3 Å². The molecule has 1 fully saturated rings. The van der Waals surface area contributed by atoms with Gasteiger partial charge in [0, 0.05) is 42.8 Å². The second-order valence-electron chi connectivity index (χ2n) is 8.04. The minimum absolute atomic E-state index is 0.00104. The molecule has 1 saturated heterocycles. The van der Waals surface area contributed by atoms with Crippen LogP contribution in [0.15, 0.2) is 91.5 Å². The molecule has 2 atom stereocenters. The van der Waals surface area contributed by atoms with Crippen LogP contribution in [0.4, 0.5) is 11.4 Å². The highest BCUT2D eigenvalue weighted by atomic mass is 32.1. The minimum Gasteiger partial charge on any atom is -0.375 e. The molecule has 0 saturated carbocycles. The smallest absolute Gasteiger partial charge is 0.250 e. The molecule has 2 N–H and O–H groups in total. The van der Waals surface area contributed by atoms with E-state index in [4.69, 9.17) is 17.0 Å². The molecule has 0 unspecified atom stereocenters. The van der Waals surface area contributed by atoms with E-state index in [0.29, 0.717) is 10.8 Å². The van der Waals surface area contributed by atoms with Crippen LogP contribution in [0.2, 0.25) is 0 Å². The quantitative estimate of drug-likeness (QED) is 0.383. The highest BCUT2D eigenvalue weighted by Crippen LogP contribution is 2.42. The molecule has 0 bridgehead atoms. The molecule has 9 heteroatoms. The third-order valence-corrected chi connectivity index (χ3v) is 6.12. The van der Waals surface area contributed by atoms with E-state index in [0.717, 1.165) is 22.8 Å². The number of carbonyl (C=O) groups excluding carboxylic acids is 1. The fourth-order valence-electron chi connectivity index (χ4n) is 4.33. The lowest BCUT2D eigenvalue weighted by Gasteiger charge is -2.29. The summed E-state index contributed by atoms with van der Waals surface area (Å²) in [6.45, 7) is 0.00104. The molecular weight excluding hydrogens is 460 g/mol. The molecule has 8 nitrogen and oxygen atoms in total. The zero-order valence-electron chi connectivity index (χ0n) is 19.0. The highest BCUT2D eigenvalue weighted by molar-refractivity contribution is 7.80. The Bertz CT molecular complexity index is 1310. The van der Waals surface area contributed by atoms with E-state index >= 15 is 0 Å². The molecular formula is C26H24N6O2S. The summed E-state index contributed by atoms with van der Waals surface area (Å²) < 4.78 is 7.01. The fraction of sp³-hybridized carbons (Fsp3) is 0.154. The number of amides is 1. The first-order valence-corrected chi connectivity index (χ1v) is 11.5. The molecule has 5 rings (SSSR count). The van der Waals surface area contributed by atoms with Crippen molar-refractivity contribution in [2.45, 2.75) is 12.1 Å². The molecule has 0 radical (unpaired) electrons. The third-order valence-electron chi connectivity index (χ3n) is 5.81. The fourth-order valence-corrected chi connectivity index (χ4v) is 4.68. The summed E-state index contributed by atoms with van der Waals surface area (Å²) in [5, 5.41) is 6.90. The Labute approximate surface area is 208 Å². The Morgan fingerprint density at radius 2 is 1.91 bits per heavy atom. The number of methoxy groups -OCH3 is 1. The van der Waals surface area contributed by atoms with Gasteiger partial charge in [-0.2, -0.15) is 0 Å². The van der Waals surface area contributed by atoms with Gasteiger partial charge in [0.1, 0.15) is 12.6 Å². The number of pyridine rings is 2. The summed E-state index contributed by atoms with van der Waals surface area (Å²) in [6.07, 6.45) is 7.41. The first-order valence-electron chi connectivity index (χ1n) is 11.1. The summed E-state index contributed by atoms with van der Waals surface area (Å²) in [6, 6.07) is 21.2. The Morgan fingerprint density at radius 1 is 1.06 bits per heavy atom. The van der Waals surface area contributed by atoms with Crippen molar-refractivity contribution in [2.24, 2.45) is 0 Å². The lowest BCUT2D eigenvalue weighted by molar-refractivity contribution is -0.119. The number of aromatic nitrogens is 3. The lowest BCUT2D eigenvalue weighted by atomic mass is 10.0. The van der Waals surface area contributed by atoms with E-state index < -0.39 is 0 Å². The molecule has 4 heterocycles. The number of benzene rings is 1. The van der Waals surface area contributed by atoms with Crippen molar-refractivity contribution in [1.29, 1.82) is 0 Å². The predicted octanol–water partition coefficient (Wildman–Crippen LogP) is 4.03. The number of ether oxygens (including phenoxy) is 1. The number of carbonyl (C=O) groups is 1. The highest BCUT2D eigenvalue weighted by Gasteiger charge is 2.42. The Morgan fingerprint density at radius 3 is 2.63 bits per heavy atom. The van der Waals surface area contributed by atoms with Crippen LogP contribution in [0, 0.1) is 0 Å². The second kappa shape index (κ2) is 10.0. The normalized spacial score (nSPS) is 17.3. The van der Waals surface area contributed by atoms with Gasteiger partial charge < -0.3 is 24.8 Å². The summed E-state index contributed by atoms with van der Waals surface area (Å²) in [4.78, 5) is 22.9. The van der Waals surface area contributed by atoms with Crippen molar-refractivity contribution >= 4 is 34.6 Å². The Balaban J connectivity index is 1.55. The van der Waals surface area contributed by atoms with Crippen LogP contribution in [0.25, 0.3) is 5.69 Å². The SMILES string of the molecule is COCC(=O)Nc1ccc(N2C(=S)N[C@@H](c3ccccn3)[C@H]2c2cccn2-c2cccnc2)cc1. The second-order valence-corrected chi connectivity index (χ2v) is 8.43. The van der Waals surface area contributed by atoms with Gasteiger partial charge in [0.25, 0.3) is 0 Å². The largest absolute Gasteiger partial charge is 0.375 e. The first-order chi connectivity index (χ1) is 17.2. The molecule has 0 aliphatic carbocycles. The number of hydrogen-bond donors (Lipinski definition) is 2. The van der Waals surface area contributed by atoms with E-state index in [1.54, 1.807) is 12.4 Å². The van der Waals surface area contributed by atoms with Gasteiger partial charge in [-0.25, -0.2) is 0 Å². The third kappa shape index (κ3) is 4.64. The average Bonchev–Trinajstić information content (AvgIpc) is 3.50. The van der Waals surface area contributed by atoms with Crippen molar-refractivity contribution in [3.63, 3.8) is 0 Å². The van der Waals surface area contributed by atoms with E-state index in [-0.39, 0.29) is 24.6 Å². The molecule has 1 aliphatic rings. The lowest BCUT2D eigenvalue weighted by Crippen LogP contribution is -2.30. The van der Waals surface area contributed by atoms with Gasteiger partial charge in [-0.05, 0) is 72.9 Å². The molecule has 176 valence electrons. The van der Waals surface area contributed by atoms with Gasteiger partial charge in [-0.15, -0.1) is 0 Å². The van der Waals surface area contributed by atoms with Crippen molar-refractivity contribution in [1.82, 2.24) is 19.9 Å². The standard InChI is InChI=1S/C26H24N6O2S/c1-34-17-23(33)29-18-9-11-19(12-10-18)32-25(24(30-26(32)35)21-7-2-3-14-28-21)22-8-5-15-31(22)20-6-4-13-27-16-20/h2-16,24-25H,17H2,1H3,(H,29,33)(H,30,35)/t24-,25+/m0/s1. The summed E-state index contributed by atoms with van der Waals surface area (Å²) >= 11 is 5.83. The van der Waals surface area contributed by atoms with Gasteiger partial charge in [0.2, 0.25) is 5.91 Å². The van der Waals surface area contributed by atoms with Gasteiger partial charge >= 0.3 is 0 Å². The number of rotatable bonds is 7. The van der Waals surface area contributed by atoms with Crippen LogP contribution >= 0.6 is 12.2 Å². The predicted molar refractivity (Wildman–Crippen MR) is 138 cm³/mol. The van der Waals surface area contributed by atoms with Gasteiger partial charge in [-0.1, -0.05) is 6.07 Å². The number of nitrogens with one attached hydrogen (secondary N) is 2. The average molecular weight is 485 g/mol. The van der Waals surface area contributed by atoms with Crippen LogP contribution in [0.3, 0.4) is 0 Å². The zero-order chi connectivity index (χ0) is 24.2. The van der Waals surface area contributed by atoms with Crippen LogP contribution in [0.5, 0.6) is 0 Å². The molecule has 1 aliphatic heterocycles. The van der Waals surface area contributed by atoms with E-state index in [2.05, 4.69) is 36.1 Å². The Kier molecular flexibility index (Phi) is 6.51. The molecule has 1 aromatic carbocycles.